The van der Waals surface area contributed by atoms with Crippen molar-refractivity contribution in [2.45, 2.75) is 57.0 Å². The number of rotatable bonds is 18. The summed E-state index contributed by atoms with van der Waals surface area (Å²) in [5.41, 5.74) is 2.89. The average Bonchev–Trinajstić information content (AvgIpc) is 3.19. The van der Waals surface area contributed by atoms with Gasteiger partial charge in [0.05, 0.1) is 6.16 Å². The molecule has 0 aromatic heterocycles. The summed E-state index contributed by atoms with van der Waals surface area (Å²) in [4.78, 5) is 0. The normalized spacial score (nSPS) is 11.5. The fourth-order valence-corrected chi connectivity index (χ4v) is 11.8. The van der Waals surface area contributed by atoms with E-state index >= 15 is 0 Å². The van der Waals surface area contributed by atoms with Gasteiger partial charge in [0.25, 0.3) is 0 Å². The van der Waals surface area contributed by atoms with Crippen molar-refractivity contribution >= 4 is 23.2 Å². The van der Waals surface area contributed by atoms with Crippen molar-refractivity contribution in [3.8, 4) is 0 Å². The van der Waals surface area contributed by atoms with E-state index in [1.807, 2.05) is 0 Å². The molecule has 3 heteroatoms. The van der Waals surface area contributed by atoms with E-state index in [2.05, 4.69) is 182 Å². The number of benzene rings is 6. The van der Waals surface area contributed by atoms with Crippen molar-refractivity contribution < 1.29 is 28.7 Å². The maximum Gasteiger partial charge on any atom is 0.143 e. The van der Waals surface area contributed by atoms with Gasteiger partial charge in [-0.2, -0.15) is 0 Å². The lowest BCUT2D eigenvalue weighted by atomic mass is 9.80. The van der Waals surface area contributed by atoms with E-state index in [0.29, 0.717) is 0 Å². The molecule has 0 radical (unpaired) electrons. The molecular weight excluding hydrogens is 738 g/mol. The van der Waals surface area contributed by atoms with Crippen LogP contribution in [-0.2, 0) is 10.3 Å². The number of halogens is 1. The van der Waals surface area contributed by atoms with E-state index in [1.165, 1.54) is 83.7 Å². The van der Waals surface area contributed by atoms with Gasteiger partial charge in [0.15, 0.2) is 0 Å². The lowest BCUT2D eigenvalue weighted by Gasteiger charge is -2.36. The van der Waals surface area contributed by atoms with Crippen LogP contribution in [0.5, 0.6) is 0 Å². The van der Waals surface area contributed by atoms with Gasteiger partial charge in [-0.05, 0) is 72.4 Å². The van der Waals surface area contributed by atoms with Gasteiger partial charge in [-0.1, -0.05) is 178 Å². The van der Waals surface area contributed by atoms with Crippen molar-refractivity contribution in [2.24, 2.45) is 0 Å². The van der Waals surface area contributed by atoms with Crippen LogP contribution in [0.3, 0.4) is 0 Å². The van der Waals surface area contributed by atoms with E-state index in [9.17, 15) is 0 Å². The standard InChI is InChI=1S/C47H50OP.HI/c1(2-4-6-26-40-49(44-33-19-10-20-34-44,45-35-21-11-22-36-45)46-37-23-12-24-38-46)3-5-25-39-48-47(41-27-13-7-14-28-41,42-29-15-8-16-30-42)43-31-17-9-18-32-43;/h7-24,27-38H,1-6,25-26,39-40H2;1H/q+1;/p-1. The molecule has 0 atom stereocenters. The summed E-state index contributed by atoms with van der Waals surface area (Å²) in [7, 11) is -1.72. The van der Waals surface area contributed by atoms with Crippen LogP contribution in [0.25, 0.3) is 0 Å². The summed E-state index contributed by atoms with van der Waals surface area (Å²) in [6, 6.07) is 66.0. The van der Waals surface area contributed by atoms with Crippen LogP contribution in [0.2, 0.25) is 0 Å². The molecule has 50 heavy (non-hydrogen) atoms. The Morgan fingerprint density at radius 1 is 0.340 bits per heavy atom. The second-order valence-electron chi connectivity index (χ2n) is 13.0. The fraction of sp³-hybridized carbons (Fsp3) is 0.234. The highest BCUT2D eigenvalue weighted by molar-refractivity contribution is 7.95. The molecule has 0 saturated heterocycles. The third kappa shape index (κ3) is 9.02. The Labute approximate surface area is 318 Å². The predicted octanol–water partition coefficient (Wildman–Crippen LogP) is 8.11. The van der Waals surface area contributed by atoms with Gasteiger partial charge in [-0.15, -0.1) is 0 Å². The van der Waals surface area contributed by atoms with E-state index in [4.69, 9.17) is 4.74 Å². The monoisotopic (exact) mass is 788 g/mol. The molecule has 0 aliphatic heterocycles. The van der Waals surface area contributed by atoms with Crippen molar-refractivity contribution in [1.82, 2.24) is 0 Å². The Morgan fingerprint density at radius 2 is 0.620 bits per heavy atom. The van der Waals surface area contributed by atoms with E-state index in [1.54, 1.807) is 0 Å². The quantitative estimate of drug-likeness (QED) is 0.0371. The molecule has 0 aliphatic carbocycles. The molecule has 0 saturated carbocycles. The zero-order chi connectivity index (χ0) is 33.5. The molecule has 0 N–H and O–H groups in total. The van der Waals surface area contributed by atoms with Crippen molar-refractivity contribution in [1.29, 1.82) is 0 Å². The highest BCUT2D eigenvalue weighted by Crippen LogP contribution is 2.56. The minimum absolute atomic E-state index is 0. The lowest BCUT2D eigenvalue weighted by molar-refractivity contribution is -0.0000193. The van der Waals surface area contributed by atoms with Crippen LogP contribution in [0, 0.1) is 0 Å². The van der Waals surface area contributed by atoms with Crippen LogP contribution in [-0.4, -0.2) is 12.8 Å². The summed E-state index contributed by atoms with van der Waals surface area (Å²) in [5.74, 6) is 0. The molecule has 6 aromatic carbocycles. The molecule has 0 unspecified atom stereocenters. The number of hydrogen-bond donors (Lipinski definition) is 0. The molecule has 0 amide bonds. The Hall–Kier alpha value is -3.56. The number of hydrogen-bond acceptors (Lipinski definition) is 1. The third-order valence-corrected chi connectivity index (χ3v) is 14.4. The smallest absolute Gasteiger partial charge is 0.143 e. The molecular formula is C47H50IOP. The van der Waals surface area contributed by atoms with Crippen molar-refractivity contribution in [2.75, 3.05) is 12.8 Å². The van der Waals surface area contributed by atoms with Crippen molar-refractivity contribution in [3.05, 3.63) is 199 Å². The first-order valence-electron chi connectivity index (χ1n) is 18.2. The van der Waals surface area contributed by atoms with E-state index in [-0.39, 0.29) is 24.0 Å². The SMILES string of the molecule is [I-].c1ccc(C(OCCCCCCCCCC[P+](c2ccccc2)(c2ccccc2)c2ccccc2)(c2ccccc2)c2ccccc2)cc1. The van der Waals surface area contributed by atoms with Gasteiger partial charge in [0.2, 0.25) is 0 Å². The highest BCUT2D eigenvalue weighted by atomic mass is 127. The first-order valence-corrected chi connectivity index (χ1v) is 20.2. The topological polar surface area (TPSA) is 9.23 Å². The zero-order valence-electron chi connectivity index (χ0n) is 29.1. The van der Waals surface area contributed by atoms with Crippen LogP contribution in [0.15, 0.2) is 182 Å². The fourth-order valence-electron chi connectivity index (χ4n) is 7.39. The predicted molar refractivity (Wildman–Crippen MR) is 212 cm³/mol. The summed E-state index contributed by atoms with van der Waals surface area (Å²) in [5, 5.41) is 4.47. The minimum atomic E-state index is -1.72. The van der Waals surface area contributed by atoms with Crippen LogP contribution in [0.4, 0.5) is 0 Å². The van der Waals surface area contributed by atoms with Gasteiger partial charge in [0, 0.05) is 6.61 Å². The lowest BCUT2D eigenvalue weighted by Crippen LogP contribution is -3.00. The zero-order valence-corrected chi connectivity index (χ0v) is 32.2. The second-order valence-corrected chi connectivity index (χ2v) is 16.6. The number of unbranched alkanes of at least 4 members (excludes halogenated alkanes) is 7. The van der Waals surface area contributed by atoms with Gasteiger partial charge in [0.1, 0.15) is 28.8 Å². The molecule has 6 rings (SSSR count). The molecule has 6 aromatic rings. The number of ether oxygens (including phenoxy) is 1. The highest BCUT2D eigenvalue weighted by Gasteiger charge is 2.44. The van der Waals surface area contributed by atoms with Crippen LogP contribution in [0.1, 0.15) is 68.1 Å². The Morgan fingerprint density at radius 3 is 0.960 bits per heavy atom. The molecule has 0 heterocycles. The second kappa shape index (κ2) is 19.7. The van der Waals surface area contributed by atoms with Crippen molar-refractivity contribution in [3.63, 3.8) is 0 Å². The van der Waals surface area contributed by atoms with E-state index < -0.39 is 12.9 Å². The summed E-state index contributed by atoms with van der Waals surface area (Å²) in [6.45, 7) is 0.725. The van der Waals surface area contributed by atoms with Gasteiger partial charge in [-0.25, -0.2) is 0 Å². The summed E-state index contributed by atoms with van der Waals surface area (Å²) < 4.78 is 6.99. The summed E-state index contributed by atoms with van der Waals surface area (Å²) >= 11 is 0. The maximum atomic E-state index is 6.99. The van der Waals surface area contributed by atoms with Gasteiger partial charge in [-0.3, -0.25) is 0 Å². The molecule has 1 nitrogen and oxygen atoms in total. The Kier molecular flexibility index (Phi) is 14.9. The van der Waals surface area contributed by atoms with Gasteiger partial charge >= 0.3 is 0 Å². The Balaban J connectivity index is 0.00000486. The minimum Gasteiger partial charge on any atom is -1.00 e. The molecule has 0 bridgehead atoms. The third-order valence-electron chi connectivity index (χ3n) is 9.84. The molecule has 0 spiro atoms. The first kappa shape index (κ1) is 37.7. The first-order chi connectivity index (χ1) is 24.3. The van der Waals surface area contributed by atoms with Crippen LogP contribution >= 0.6 is 7.26 Å². The van der Waals surface area contributed by atoms with E-state index in [0.717, 1.165) is 13.0 Å². The van der Waals surface area contributed by atoms with Gasteiger partial charge < -0.3 is 28.7 Å². The maximum absolute atomic E-state index is 6.99. The largest absolute Gasteiger partial charge is 1.00 e. The molecule has 0 aliphatic rings. The van der Waals surface area contributed by atoms with Crippen LogP contribution < -0.4 is 39.9 Å². The molecule has 0 fully saturated rings. The average molecular weight is 789 g/mol. The molecule has 256 valence electrons. The Bertz CT molecular complexity index is 1440. The summed E-state index contributed by atoms with van der Waals surface area (Å²) in [6.07, 6.45) is 11.2.